The molecule has 5 nitrogen and oxygen atoms in total. The predicted molar refractivity (Wildman–Crippen MR) is 96.9 cm³/mol. The number of carbonyl (C=O) groups excluding carboxylic acids is 1. The van der Waals surface area contributed by atoms with Gasteiger partial charge >= 0.3 is 6.03 Å². The first-order valence-electron chi connectivity index (χ1n) is 7.49. The molecule has 2 rings (SSSR count). The van der Waals surface area contributed by atoms with E-state index in [0.29, 0.717) is 5.69 Å². The van der Waals surface area contributed by atoms with E-state index < -0.39 is 16.3 Å². The van der Waals surface area contributed by atoms with Gasteiger partial charge < -0.3 is 15.4 Å². The predicted octanol–water partition coefficient (Wildman–Crippen LogP) is 3.49. The molecule has 0 aliphatic heterocycles. The molecule has 6 heteroatoms. The van der Waals surface area contributed by atoms with Crippen molar-refractivity contribution in [3.63, 3.8) is 0 Å². The van der Waals surface area contributed by atoms with Gasteiger partial charge in [0.05, 0.1) is 12.6 Å². The summed E-state index contributed by atoms with van der Waals surface area (Å²) >= 11 is 0. The van der Waals surface area contributed by atoms with Gasteiger partial charge in [-0.3, -0.25) is 4.21 Å². The first-order chi connectivity index (χ1) is 11.3. The van der Waals surface area contributed by atoms with Crippen LogP contribution in [0.4, 0.5) is 10.5 Å². The van der Waals surface area contributed by atoms with Gasteiger partial charge in [-0.25, -0.2) is 4.79 Å². The Labute approximate surface area is 144 Å². The lowest BCUT2D eigenvalue weighted by molar-refractivity contribution is 0.241. The lowest BCUT2D eigenvalue weighted by Crippen LogP contribution is -2.43. The Morgan fingerprint density at radius 3 is 2.29 bits per heavy atom. The summed E-state index contributed by atoms with van der Waals surface area (Å²) in [4.78, 5) is 13.0. The molecule has 0 fully saturated rings. The van der Waals surface area contributed by atoms with E-state index in [1.54, 1.807) is 37.6 Å². The van der Waals surface area contributed by atoms with Crippen LogP contribution >= 0.6 is 0 Å². The zero-order chi connectivity index (χ0) is 17.7. The Hall–Kier alpha value is -2.34. The molecule has 128 valence electrons. The average Bonchev–Trinajstić information content (AvgIpc) is 2.54. The molecule has 0 unspecified atom stereocenters. The Bertz CT molecular complexity index is 742. The van der Waals surface area contributed by atoms with Gasteiger partial charge in [-0.05, 0) is 44.2 Å². The fourth-order valence-electron chi connectivity index (χ4n) is 2.40. The number of nitrogens with one attached hydrogen (secondary N) is 2. The first kappa shape index (κ1) is 18.0. The summed E-state index contributed by atoms with van der Waals surface area (Å²) in [5.74, 6) is 0.720. The molecule has 0 heterocycles. The molecule has 0 saturated carbocycles. The minimum Gasteiger partial charge on any atom is -0.496 e. The molecule has 1 atom stereocenters. The van der Waals surface area contributed by atoms with E-state index in [4.69, 9.17) is 4.74 Å². The standard InChI is InChI=1S/C18H22N2O3S/c1-18(2,15-7-5-6-8-16(15)23-3)20-17(21)19-13-9-11-14(12-10-13)24(4)22/h5-12H,1-4H3,(H2,19,20,21)/t24-/m0/s1. The van der Waals surface area contributed by atoms with Gasteiger partial charge in [-0.2, -0.15) is 0 Å². The Balaban J connectivity index is 2.09. The molecule has 2 aromatic rings. The third-order valence-electron chi connectivity index (χ3n) is 3.65. The summed E-state index contributed by atoms with van der Waals surface area (Å²) in [7, 11) is 0.569. The van der Waals surface area contributed by atoms with Crippen molar-refractivity contribution in [3.8, 4) is 5.75 Å². The highest BCUT2D eigenvalue weighted by atomic mass is 32.2. The van der Waals surface area contributed by atoms with Crippen molar-refractivity contribution in [1.82, 2.24) is 5.32 Å². The van der Waals surface area contributed by atoms with Crippen LogP contribution in [-0.4, -0.2) is 23.6 Å². The molecule has 0 aliphatic carbocycles. The number of urea groups is 1. The molecule has 0 aliphatic rings. The topological polar surface area (TPSA) is 67.4 Å². The molecule has 0 spiro atoms. The quantitative estimate of drug-likeness (QED) is 0.871. The molecule has 2 aromatic carbocycles. The van der Waals surface area contributed by atoms with Gasteiger partial charge in [0.1, 0.15) is 5.75 Å². The number of methoxy groups -OCH3 is 1. The van der Waals surface area contributed by atoms with Gasteiger partial charge in [-0.15, -0.1) is 0 Å². The lowest BCUT2D eigenvalue weighted by Gasteiger charge is -2.28. The van der Waals surface area contributed by atoms with Crippen molar-refractivity contribution >= 4 is 22.5 Å². The van der Waals surface area contributed by atoms with Crippen molar-refractivity contribution in [3.05, 3.63) is 54.1 Å². The fraction of sp³-hybridized carbons (Fsp3) is 0.278. The maximum atomic E-state index is 12.3. The van der Waals surface area contributed by atoms with Gasteiger partial charge in [0.25, 0.3) is 0 Å². The number of hydrogen-bond acceptors (Lipinski definition) is 3. The number of amides is 2. The summed E-state index contributed by atoms with van der Waals surface area (Å²) in [6.45, 7) is 3.82. The van der Waals surface area contributed by atoms with E-state index in [-0.39, 0.29) is 6.03 Å². The van der Waals surface area contributed by atoms with E-state index in [9.17, 15) is 9.00 Å². The first-order valence-corrected chi connectivity index (χ1v) is 9.05. The average molecular weight is 346 g/mol. The second-order valence-electron chi connectivity index (χ2n) is 5.88. The van der Waals surface area contributed by atoms with Crippen LogP contribution in [-0.2, 0) is 16.3 Å². The highest BCUT2D eigenvalue weighted by Gasteiger charge is 2.26. The molecule has 2 N–H and O–H groups in total. The van der Waals surface area contributed by atoms with E-state index in [2.05, 4.69) is 10.6 Å². The minimum atomic E-state index is -1.04. The highest BCUT2D eigenvalue weighted by molar-refractivity contribution is 7.84. The molecule has 0 aromatic heterocycles. The Morgan fingerprint density at radius 2 is 1.71 bits per heavy atom. The number of rotatable bonds is 5. The van der Waals surface area contributed by atoms with Gasteiger partial charge in [0, 0.05) is 33.2 Å². The van der Waals surface area contributed by atoms with Crippen LogP contribution in [0.1, 0.15) is 19.4 Å². The summed E-state index contributed by atoms with van der Waals surface area (Å²) in [6.07, 6.45) is 1.62. The summed E-state index contributed by atoms with van der Waals surface area (Å²) < 4.78 is 16.7. The maximum Gasteiger partial charge on any atom is 0.319 e. The van der Waals surface area contributed by atoms with Gasteiger partial charge in [0.2, 0.25) is 0 Å². The summed E-state index contributed by atoms with van der Waals surface area (Å²) in [6, 6.07) is 14.2. The zero-order valence-corrected chi connectivity index (χ0v) is 15.1. The van der Waals surface area contributed by atoms with Crippen LogP contribution in [0.25, 0.3) is 0 Å². The number of ether oxygens (including phenoxy) is 1. The van der Waals surface area contributed by atoms with Crippen LogP contribution < -0.4 is 15.4 Å². The summed E-state index contributed by atoms with van der Waals surface area (Å²) in [5.41, 5.74) is 0.915. The van der Waals surface area contributed by atoms with E-state index >= 15 is 0 Å². The van der Waals surface area contributed by atoms with Gasteiger partial charge in [-0.1, -0.05) is 18.2 Å². The van der Waals surface area contributed by atoms with Crippen LogP contribution in [0.3, 0.4) is 0 Å². The van der Waals surface area contributed by atoms with Crippen molar-refractivity contribution in [2.45, 2.75) is 24.3 Å². The number of para-hydroxylation sites is 1. The number of carbonyl (C=O) groups is 1. The monoisotopic (exact) mass is 346 g/mol. The second-order valence-corrected chi connectivity index (χ2v) is 7.26. The molecule has 2 amide bonds. The molecule has 0 radical (unpaired) electrons. The largest absolute Gasteiger partial charge is 0.496 e. The van der Waals surface area contributed by atoms with Crippen molar-refractivity contribution in [2.24, 2.45) is 0 Å². The summed E-state index contributed by atoms with van der Waals surface area (Å²) in [5, 5.41) is 5.72. The normalized spacial score (nSPS) is 12.3. The van der Waals surface area contributed by atoms with Crippen molar-refractivity contribution in [1.29, 1.82) is 0 Å². The second kappa shape index (κ2) is 7.49. The Morgan fingerprint density at radius 1 is 1.08 bits per heavy atom. The van der Waals surface area contributed by atoms with Crippen LogP contribution in [0.15, 0.2) is 53.4 Å². The van der Waals surface area contributed by atoms with Gasteiger partial charge in [0.15, 0.2) is 0 Å². The SMILES string of the molecule is COc1ccccc1C(C)(C)NC(=O)Nc1ccc([S@](C)=O)cc1. The van der Waals surface area contributed by atoms with E-state index in [0.717, 1.165) is 16.2 Å². The van der Waals surface area contributed by atoms with E-state index in [1.165, 1.54) is 0 Å². The lowest BCUT2D eigenvalue weighted by atomic mass is 9.93. The highest BCUT2D eigenvalue weighted by Crippen LogP contribution is 2.29. The molecule has 0 saturated heterocycles. The smallest absolute Gasteiger partial charge is 0.319 e. The molecular weight excluding hydrogens is 324 g/mol. The Kier molecular flexibility index (Phi) is 5.62. The van der Waals surface area contributed by atoms with Crippen molar-refractivity contribution < 1.29 is 13.7 Å². The van der Waals surface area contributed by atoms with Crippen LogP contribution in [0.2, 0.25) is 0 Å². The van der Waals surface area contributed by atoms with E-state index in [1.807, 2.05) is 38.1 Å². The fourth-order valence-corrected chi connectivity index (χ4v) is 2.92. The number of anilines is 1. The minimum absolute atomic E-state index is 0.323. The van der Waals surface area contributed by atoms with Crippen molar-refractivity contribution in [2.75, 3.05) is 18.7 Å². The third kappa shape index (κ3) is 4.35. The third-order valence-corrected chi connectivity index (χ3v) is 4.59. The molecule has 24 heavy (non-hydrogen) atoms. The number of hydrogen-bond donors (Lipinski definition) is 2. The molecular formula is C18H22N2O3S. The van der Waals surface area contributed by atoms with Crippen LogP contribution in [0.5, 0.6) is 5.75 Å². The molecule has 0 bridgehead atoms. The zero-order valence-electron chi connectivity index (χ0n) is 14.3. The maximum absolute atomic E-state index is 12.3. The van der Waals surface area contributed by atoms with Crippen LogP contribution in [0, 0.1) is 0 Å². The number of benzene rings is 2.